The molecule has 1 aliphatic heterocycles. The molecule has 9 nitrogen and oxygen atoms in total. The van der Waals surface area contributed by atoms with Crippen molar-refractivity contribution in [2.45, 2.75) is 36.1 Å². The molecule has 0 spiro atoms. The van der Waals surface area contributed by atoms with Gasteiger partial charge in [0.2, 0.25) is 5.95 Å². The average molecular weight is 615 g/mol. The van der Waals surface area contributed by atoms with Gasteiger partial charge in [-0.3, -0.25) is 19.1 Å². The Labute approximate surface area is 255 Å². The summed E-state index contributed by atoms with van der Waals surface area (Å²) in [5.74, 6) is 1.63. The summed E-state index contributed by atoms with van der Waals surface area (Å²) in [6.07, 6.45) is 0.754. The van der Waals surface area contributed by atoms with Crippen LogP contribution in [0.5, 0.6) is 5.75 Å². The van der Waals surface area contributed by atoms with Crippen LogP contribution in [0.15, 0.2) is 94.5 Å². The molecule has 1 unspecified atom stereocenters. The molecule has 3 aromatic carbocycles. The first-order valence-corrected chi connectivity index (χ1v) is 16.0. The molecule has 1 aliphatic carbocycles. The van der Waals surface area contributed by atoms with Crippen LogP contribution in [-0.4, -0.2) is 44.0 Å². The number of thioether (sulfide) groups is 1. The zero-order valence-electron chi connectivity index (χ0n) is 23.3. The molecule has 3 N–H and O–H groups in total. The van der Waals surface area contributed by atoms with Gasteiger partial charge >= 0.3 is 4.87 Å². The van der Waals surface area contributed by atoms with Crippen molar-refractivity contribution < 1.29 is 14.6 Å². The molecule has 0 amide bonds. The summed E-state index contributed by atoms with van der Waals surface area (Å²) in [6.45, 7) is 0. The normalized spacial score (nSPS) is 19.4. The molecule has 3 heterocycles. The lowest BCUT2D eigenvalue weighted by atomic mass is 9.77. The Bertz CT molecular complexity index is 1810. The second kappa shape index (κ2) is 11.3. The largest absolute Gasteiger partial charge is 0.497 e. The fourth-order valence-corrected chi connectivity index (χ4v) is 7.80. The number of fused-ring (bicyclic) bond motifs is 1. The minimum atomic E-state index is -0.973. The number of aromatic nitrogens is 3. The van der Waals surface area contributed by atoms with Gasteiger partial charge in [-0.2, -0.15) is 4.98 Å². The summed E-state index contributed by atoms with van der Waals surface area (Å²) in [7, 11) is 1.63. The van der Waals surface area contributed by atoms with Gasteiger partial charge in [-0.1, -0.05) is 84.1 Å². The van der Waals surface area contributed by atoms with E-state index >= 15 is 0 Å². The lowest BCUT2D eigenvalue weighted by Crippen LogP contribution is -2.39. The Morgan fingerprint density at radius 1 is 1.00 bits per heavy atom. The van der Waals surface area contributed by atoms with Crippen LogP contribution in [-0.2, 0) is 10.3 Å². The number of benzene rings is 3. The predicted octanol–water partition coefficient (Wildman–Crippen LogP) is 4.92. The summed E-state index contributed by atoms with van der Waals surface area (Å²) < 4.78 is 13.3. The first kappa shape index (κ1) is 27.9. The highest BCUT2D eigenvalue weighted by molar-refractivity contribution is 8.00. The molecule has 1 saturated heterocycles. The Kier molecular flexibility index (Phi) is 7.34. The Balaban J connectivity index is 1.37. The maximum absolute atomic E-state index is 13.4. The predicted molar refractivity (Wildman–Crippen MR) is 169 cm³/mol. The maximum Gasteiger partial charge on any atom is 0.311 e. The lowest BCUT2D eigenvalue weighted by molar-refractivity contribution is -0.0440. The lowest BCUT2D eigenvalue weighted by Gasteiger charge is -2.37. The number of nitrogens with one attached hydrogen (secondary N) is 2. The van der Waals surface area contributed by atoms with E-state index in [9.17, 15) is 14.7 Å². The molecule has 3 atom stereocenters. The van der Waals surface area contributed by atoms with Gasteiger partial charge in [0.1, 0.15) is 27.7 Å². The molecular formula is C32H30N4O5S2. The van der Waals surface area contributed by atoms with Crippen molar-refractivity contribution in [2.75, 3.05) is 18.2 Å². The SMILES string of the molecule is COc1ccc(C(Nc2nc3c(sc(=O)n3[C@H]3CS[C@@H](C(O)C4CC4)O3)c(=O)[nH]2)(c2ccccc2)c2ccccc2)cc1. The molecule has 0 bridgehead atoms. The first-order valence-electron chi connectivity index (χ1n) is 14.1. The third kappa shape index (κ3) is 5.06. The van der Waals surface area contributed by atoms with E-state index in [-0.39, 0.29) is 27.1 Å². The number of aliphatic hydroxyl groups excluding tert-OH is 1. The molecule has 7 rings (SSSR count). The monoisotopic (exact) mass is 614 g/mol. The quantitative estimate of drug-likeness (QED) is 0.200. The van der Waals surface area contributed by atoms with Crippen molar-refractivity contribution >= 4 is 39.4 Å². The van der Waals surface area contributed by atoms with Gasteiger partial charge < -0.3 is 19.9 Å². The van der Waals surface area contributed by atoms with Gasteiger partial charge in [-0.25, -0.2) is 0 Å². The number of hydrogen-bond acceptors (Lipinski definition) is 9. The summed E-state index contributed by atoms with van der Waals surface area (Å²) >= 11 is 2.34. The van der Waals surface area contributed by atoms with Crippen molar-refractivity contribution in [3.05, 3.63) is 122 Å². The van der Waals surface area contributed by atoms with Crippen LogP contribution in [0.2, 0.25) is 0 Å². The smallest absolute Gasteiger partial charge is 0.311 e. The number of nitrogens with zero attached hydrogens (tertiary/aromatic N) is 2. The van der Waals surface area contributed by atoms with E-state index in [4.69, 9.17) is 14.5 Å². The molecule has 2 fully saturated rings. The second-order valence-electron chi connectivity index (χ2n) is 10.8. The summed E-state index contributed by atoms with van der Waals surface area (Å²) in [5.41, 5.74) is 1.17. The zero-order valence-corrected chi connectivity index (χ0v) is 24.9. The van der Waals surface area contributed by atoms with Crippen LogP contribution < -0.4 is 20.5 Å². The molecule has 0 radical (unpaired) electrons. The van der Waals surface area contributed by atoms with Crippen LogP contribution in [0.4, 0.5) is 5.95 Å². The Hall–Kier alpha value is -3.90. The van der Waals surface area contributed by atoms with Gasteiger partial charge in [-0.15, -0.1) is 11.8 Å². The molecule has 2 aromatic heterocycles. The number of aliphatic hydroxyl groups is 1. The van der Waals surface area contributed by atoms with E-state index in [0.29, 0.717) is 11.5 Å². The third-order valence-corrected chi connectivity index (χ3v) is 10.2. The third-order valence-electron chi connectivity index (χ3n) is 8.08. The summed E-state index contributed by atoms with van der Waals surface area (Å²) in [6, 6.07) is 27.6. The van der Waals surface area contributed by atoms with E-state index in [1.807, 2.05) is 84.9 Å². The highest BCUT2D eigenvalue weighted by Gasteiger charge is 2.42. The zero-order chi connectivity index (χ0) is 29.6. The van der Waals surface area contributed by atoms with Gasteiger partial charge in [0.25, 0.3) is 5.56 Å². The fourth-order valence-electron chi connectivity index (χ4n) is 5.74. The van der Waals surface area contributed by atoms with Crippen LogP contribution >= 0.6 is 23.1 Å². The van der Waals surface area contributed by atoms with Crippen molar-refractivity contribution in [2.24, 2.45) is 5.92 Å². The van der Waals surface area contributed by atoms with Crippen molar-refractivity contribution in [1.29, 1.82) is 0 Å². The fraction of sp³-hybridized carbons (Fsp3) is 0.281. The van der Waals surface area contributed by atoms with Crippen LogP contribution in [0, 0.1) is 5.92 Å². The Morgan fingerprint density at radius 3 is 2.23 bits per heavy atom. The molecule has 5 aromatic rings. The van der Waals surface area contributed by atoms with Crippen LogP contribution in [0.1, 0.15) is 35.8 Å². The molecule has 1 saturated carbocycles. The molecular weight excluding hydrogens is 585 g/mol. The number of rotatable bonds is 9. The van der Waals surface area contributed by atoms with E-state index < -0.39 is 28.9 Å². The topological polar surface area (TPSA) is 118 Å². The average Bonchev–Trinajstić information content (AvgIpc) is 3.69. The number of H-pyrrole nitrogens is 1. The first-order chi connectivity index (χ1) is 21.0. The van der Waals surface area contributed by atoms with Gasteiger partial charge in [0, 0.05) is 5.75 Å². The highest BCUT2D eigenvalue weighted by atomic mass is 32.2. The van der Waals surface area contributed by atoms with Gasteiger partial charge in [-0.05, 0) is 47.6 Å². The number of ether oxygens (including phenoxy) is 2. The standard InChI is InChI=1S/C32H30N4O5S2/c1-40-23-16-14-22(15-17-23)32(20-8-4-2-5-9-20,21-10-6-3-7-11-21)35-30-33-27-26(28(38)34-30)43-31(39)36(27)24-18-42-29(41-24)25(37)19-12-13-19/h2-11,14-17,19,24-25,29,37H,12-13,18H2,1H3,(H2,33,34,35,38)/t24-,25?,29+/m1/s1. The number of aromatic amines is 1. The van der Waals surface area contributed by atoms with Crippen molar-refractivity contribution in [1.82, 2.24) is 14.5 Å². The summed E-state index contributed by atoms with van der Waals surface area (Å²) in [5, 5.41) is 14.2. The van der Waals surface area contributed by atoms with Crippen LogP contribution in [0.3, 0.4) is 0 Å². The number of anilines is 1. The van der Waals surface area contributed by atoms with Gasteiger partial charge in [0.05, 0.1) is 13.2 Å². The molecule has 43 heavy (non-hydrogen) atoms. The van der Waals surface area contributed by atoms with Crippen molar-refractivity contribution in [3.8, 4) is 5.75 Å². The molecule has 11 heteroatoms. The minimum Gasteiger partial charge on any atom is -0.497 e. The number of thiazole rings is 1. The van der Waals surface area contributed by atoms with Crippen molar-refractivity contribution in [3.63, 3.8) is 0 Å². The maximum atomic E-state index is 13.4. The number of methoxy groups -OCH3 is 1. The number of hydrogen-bond donors (Lipinski definition) is 3. The van der Waals surface area contributed by atoms with E-state index in [1.165, 1.54) is 16.3 Å². The Morgan fingerprint density at radius 2 is 1.63 bits per heavy atom. The van der Waals surface area contributed by atoms with Gasteiger partial charge in [0.15, 0.2) is 5.65 Å². The second-order valence-corrected chi connectivity index (χ2v) is 12.9. The minimum absolute atomic E-state index is 0.202. The summed E-state index contributed by atoms with van der Waals surface area (Å²) in [4.78, 5) is 34.1. The molecule has 220 valence electrons. The molecule has 2 aliphatic rings. The van der Waals surface area contributed by atoms with E-state index in [1.54, 1.807) is 7.11 Å². The highest BCUT2D eigenvalue weighted by Crippen LogP contribution is 2.43. The van der Waals surface area contributed by atoms with E-state index in [2.05, 4.69) is 10.3 Å². The van der Waals surface area contributed by atoms with E-state index in [0.717, 1.165) is 40.9 Å². The van der Waals surface area contributed by atoms with Crippen LogP contribution in [0.25, 0.3) is 10.3 Å².